The third-order valence-electron chi connectivity index (χ3n) is 9.38. The van der Waals surface area contributed by atoms with E-state index in [-0.39, 0.29) is 17.3 Å². The molecular weight excluding hydrogens is 463 g/mol. The Labute approximate surface area is 217 Å². The molecule has 3 heterocycles. The highest BCUT2D eigenvalue weighted by molar-refractivity contribution is 5.67. The van der Waals surface area contributed by atoms with E-state index < -0.39 is 0 Å². The molecular formula is C31H33FN4O. The van der Waals surface area contributed by atoms with Crippen LogP contribution >= 0.6 is 0 Å². The van der Waals surface area contributed by atoms with Crippen molar-refractivity contribution in [3.63, 3.8) is 0 Å². The summed E-state index contributed by atoms with van der Waals surface area (Å²) in [6.45, 7) is 6.57. The Balaban J connectivity index is 1.32. The van der Waals surface area contributed by atoms with E-state index in [2.05, 4.69) is 58.9 Å². The number of fused-ring (bicyclic) bond motifs is 4. The van der Waals surface area contributed by atoms with Crippen molar-refractivity contribution >= 4 is 5.69 Å². The molecule has 0 N–H and O–H groups in total. The number of anilines is 1. The predicted molar refractivity (Wildman–Crippen MR) is 142 cm³/mol. The summed E-state index contributed by atoms with van der Waals surface area (Å²) in [7, 11) is 0. The van der Waals surface area contributed by atoms with Crippen molar-refractivity contribution < 1.29 is 8.91 Å². The quantitative estimate of drug-likeness (QED) is 0.317. The molecule has 3 atom stereocenters. The van der Waals surface area contributed by atoms with Crippen LogP contribution in [0.2, 0.25) is 0 Å². The molecule has 2 aromatic carbocycles. The second kappa shape index (κ2) is 8.57. The molecule has 1 saturated heterocycles. The summed E-state index contributed by atoms with van der Waals surface area (Å²) < 4.78 is 23.2. The van der Waals surface area contributed by atoms with Crippen LogP contribution in [0.3, 0.4) is 0 Å². The van der Waals surface area contributed by atoms with Gasteiger partial charge >= 0.3 is 0 Å². The second-order valence-corrected chi connectivity index (χ2v) is 11.4. The molecule has 2 aliphatic carbocycles. The standard InChI is InChI=1S/C31H33FN4O/c1-20-26-13-12-25-28(24-10-6-7-11-27(24)32)36(23-14-16-35(17-15-23)22-8-4-3-5-9-22)34-30(25)31(26,2)18-21-19-33-37-29(20)21/h3-11,19-20,23,26H,12-18H2,1-2H3/t20-,26-,31-/m1/s1. The van der Waals surface area contributed by atoms with Gasteiger partial charge in [0.1, 0.15) is 11.6 Å². The monoisotopic (exact) mass is 496 g/mol. The highest BCUT2D eigenvalue weighted by Gasteiger charge is 2.51. The normalized spacial score (nSPS) is 25.4. The van der Waals surface area contributed by atoms with Gasteiger partial charge in [0.15, 0.2) is 0 Å². The number of nitrogens with zero attached hydrogens (tertiary/aromatic N) is 4. The summed E-state index contributed by atoms with van der Waals surface area (Å²) in [4.78, 5) is 2.45. The third-order valence-corrected chi connectivity index (χ3v) is 9.38. The van der Waals surface area contributed by atoms with Crippen molar-refractivity contribution in [2.24, 2.45) is 5.92 Å². The van der Waals surface area contributed by atoms with Crippen LogP contribution < -0.4 is 4.90 Å². The largest absolute Gasteiger partial charge is 0.371 e. The van der Waals surface area contributed by atoms with Gasteiger partial charge < -0.3 is 9.42 Å². The minimum atomic E-state index is -0.168. The van der Waals surface area contributed by atoms with Gasteiger partial charge in [-0.05, 0) is 62.3 Å². The van der Waals surface area contributed by atoms with Crippen molar-refractivity contribution in [2.75, 3.05) is 18.0 Å². The average Bonchev–Trinajstić information content (AvgIpc) is 3.55. The summed E-state index contributed by atoms with van der Waals surface area (Å²) in [6.07, 6.45) is 6.69. The van der Waals surface area contributed by atoms with Crippen LogP contribution in [-0.4, -0.2) is 28.0 Å². The van der Waals surface area contributed by atoms with Crippen LogP contribution in [-0.2, 0) is 18.3 Å². The molecule has 7 rings (SSSR count). The Kier molecular flexibility index (Phi) is 5.27. The van der Waals surface area contributed by atoms with Gasteiger partial charge in [0, 0.05) is 46.8 Å². The van der Waals surface area contributed by atoms with Gasteiger partial charge in [-0.15, -0.1) is 0 Å². The Morgan fingerprint density at radius 2 is 1.76 bits per heavy atom. The molecule has 1 aliphatic heterocycles. The molecule has 2 aromatic heterocycles. The van der Waals surface area contributed by atoms with Gasteiger partial charge in [-0.25, -0.2) is 4.39 Å². The Bertz CT molecular complexity index is 1430. The topological polar surface area (TPSA) is 47.1 Å². The first-order valence-electron chi connectivity index (χ1n) is 13.6. The van der Waals surface area contributed by atoms with Gasteiger partial charge in [-0.1, -0.05) is 49.3 Å². The molecule has 5 nitrogen and oxygen atoms in total. The van der Waals surface area contributed by atoms with Crippen LogP contribution in [0, 0.1) is 11.7 Å². The van der Waals surface area contributed by atoms with E-state index in [0.717, 1.165) is 62.3 Å². The van der Waals surface area contributed by atoms with Gasteiger partial charge in [-0.2, -0.15) is 5.10 Å². The Morgan fingerprint density at radius 1 is 1.00 bits per heavy atom. The summed E-state index contributed by atoms with van der Waals surface area (Å²) in [5, 5.41) is 9.55. The van der Waals surface area contributed by atoms with E-state index in [9.17, 15) is 0 Å². The fraction of sp³-hybridized carbons (Fsp3) is 0.419. The van der Waals surface area contributed by atoms with Crippen LogP contribution in [0.5, 0.6) is 0 Å². The molecule has 0 radical (unpaired) electrons. The number of piperidine rings is 1. The number of hydrogen-bond acceptors (Lipinski definition) is 4. The van der Waals surface area contributed by atoms with Crippen LogP contribution in [0.15, 0.2) is 65.3 Å². The first-order chi connectivity index (χ1) is 18.0. The zero-order chi connectivity index (χ0) is 25.1. The van der Waals surface area contributed by atoms with E-state index in [0.29, 0.717) is 17.4 Å². The number of benzene rings is 2. The van der Waals surface area contributed by atoms with E-state index in [4.69, 9.17) is 9.62 Å². The second-order valence-electron chi connectivity index (χ2n) is 11.4. The van der Waals surface area contributed by atoms with E-state index >= 15 is 4.39 Å². The van der Waals surface area contributed by atoms with Gasteiger partial charge in [-0.3, -0.25) is 4.68 Å². The van der Waals surface area contributed by atoms with Crippen LogP contribution in [0.25, 0.3) is 11.3 Å². The Morgan fingerprint density at radius 3 is 2.54 bits per heavy atom. The summed E-state index contributed by atoms with van der Waals surface area (Å²) >= 11 is 0. The molecule has 3 aliphatic rings. The number of hydrogen-bond donors (Lipinski definition) is 0. The SMILES string of the molecule is C[C@H]1c2oncc2C[C@@]2(C)c3nn(C4CCN(c5ccccc5)CC4)c(-c4ccccc4F)c3CC[C@H]12. The van der Waals surface area contributed by atoms with Crippen molar-refractivity contribution in [3.8, 4) is 11.3 Å². The van der Waals surface area contributed by atoms with Crippen molar-refractivity contribution in [2.45, 2.75) is 63.3 Å². The first kappa shape index (κ1) is 22.8. The van der Waals surface area contributed by atoms with Crippen molar-refractivity contribution in [3.05, 3.63) is 89.2 Å². The third kappa shape index (κ3) is 3.48. The number of rotatable bonds is 3. The highest BCUT2D eigenvalue weighted by Crippen LogP contribution is 2.55. The van der Waals surface area contributed by atoms with E-state index in [1.807, 2.05) is 18.3 Å². The lowest BCUT2D eigenvalue weighted by Crippen LogP contribution is -2.44. The predicted octanol–water partition coefficient (Wildman–Crippen LogP) is 6.70. The average molecular weight is 497 g/mol. The smallest absolute Gasteiger partial charge is 0.143 e. The van der Waals surface area contributed by atoms with E-state index in [1.54, 1.807) is 12.1 Å². The maximum Gasteiger partial charge on any atom is 0.143 e. The molecule has 4 aromatic rings. The zero-order valence-electron chi connectivity index (χ0n) is 21.5. The van der Waals surface area contributed by atoms with Crippen molar-refractivity contribution in [1.29, 1.82) is 0 Å². The Hall–Kier alpha value is -3.41. The molecule has 37 heavy (non-hydrogen) atoms. The van der Waals surface area contributed by atoms with Crippen LogP contribution in [0.4, 0.5) is 10.1 Å². The molecule has 0 spiro atoms. The summed E-state index contributed by atoms with van der Waals surface area (Å²) in [5.74, 6) is 1.59. The van der Waals surface area contributed by atoms with Crippen molar-refractivity contribution in [1.82, 2.24) is 14.9 Å². The van der Waals surface area contributed by atoms with E-state index in [1.165, 1.54) is 16.8 Å². The lowest BCUT2D eigenvalue weighted by Gasteiger charge is -2.46. The maximum absolute atomic E-state index is 15.3. The molecule has 0 saturated carbocycles. The molecule has 6 heteroatoms. The highest BCUT2D eigenvalue weighted by atomic mass is 19.1. The molecule has 1 fully saturated rings. The molecule has 190 valence electrons. The molecule has 0 unspecified atom stereocenters. The fourth-order valence-corrected chi connectivity index (χ4v) is 7.54. The summed E-state index contributed by atoms with van der Waals surface area (Å²) in [5.41, 5.74) is 6.41. The fourth-order valence-electron chi connectivity index (χ4n) is 7.54. The summed E-state index contributed by atoms with van der Waals surface area (Å²) in [6, 6.07) is 18.1. The molecule has 0 bridgehead atoms. The number of para-hydroxylation sites is 1. The van der Waals surface area contributed by atoms with Gasteiger partial charge in [0.2, 0.25) is 0 Å². The minimum Gasteiger partial charge on any atom is -0.371 e. The first-order valence-corrected chi connectivity index (χ1v) is 13.6. The number of aromatic nitrogens is 3. The molecule has 0 amide bonds. The number of halogens is 1. The lowest BCUT2D eigenvalue weighted by molar-refractivity contribution is 0.171. The minimum absolute atomic E-state index is 0.123. The zero-order valence-corrected chi connectivity index (χ0v) is 21.5. The van der Waals surface area contributed by atoms with Gasteiger partial charge in [0.25, 0.3) is 0 Å². The lowest BCUT2D eigenvalue weighted by atomic mass is 9.56. The van der Waals surface area contributed by atoms with Gasteiger partial charge in [0.05, 0.1) is 23.6 Å². The maximum atomic E-state index is 15.3. The van der Waals surface area contributed by atoms with Crippen LogP contribution in [0.1, 0.15) is 67.7 Å².